The molecule has 0 aliphatic heterocycles. The molecule has 3 nitrogen and oxygen atoms in total. The van der Waals surface area contributed by atoms with Crippen LogP contribution in [0.15, 0.2) is 158 Å². The summed E-state index contributed by atoms with van der Waals surface area (Å²) >= 11 is 0. The maximum atomic E-state index is 12.4. The first-order chi connectivity index (χ1) is 36.3. The van der Waals surface area contributed by atoms with Gasteiger partial charge in [0.1, 0.15) is 52.9 Å². The highest BCUT2D eigenvalue weighted by Gasteiger charge is 2.31. The van der Waals surface area contributed by atoms with Gasteiger partial charge in [-0.1, -0.05) is 95.6 Å². The number of hydrogen-bond acceptors (Lipinski definition) is 3. The van der Waals surface area contributed by atoms with E-state index >= 15 is 0 Å². The summed E-state index contributed by atoms with van der Waals surface area (Å²) in [5, 5.41) is 0. The van der Waals surface area contributed by atoms with Crippen LogP contribution in [0.3, 0.4) is 0 Å². The molecule has 418 valence electrons. The topological polar surface area (TPSA) is 27.7 Å². The van der Waals surface area contributed by atoms with Gasteiger partial charge in [-0.05, 0) is 144 Å². The van der Waals surface area contributed by atoms with Crippen molar-refractivity contribution in [3.8, 4) is 17.2 Å². The van der Waals surface area contributed by atoms with Crippen LogP contribution < -0.4 is 14.2 Å². The molecule has 0 aliphatic rings. The van der Waals surface area contributed by atoms with Crippen molar-refractivity contribution in [1.82, 2.24) is 0 Å². The Morgan fingerprint density at radius 1 is 0.321 bits per heavy atom. The summed E-state index contributed by atoms with van der Waals surface area (Å²) in [4.78, 5) is 0. The van der Waals surface area contributed by atoms with Crippen molar-refractivity contribution in [2.75, 3.05) is 0 Å². The van der Waals surface area contributed by atoms with E-state index in [1.54, 1.807) is 39.0 Å². The molecule has 0 radical (unpaired) electrons. The number of aryl methyl sites for hydroxylation is 7. The molecule has 78 heavy (non-hydrogen) atoms. The number of hydrogen-bond donors (Lipinski definition) is 0. The van der Waals surface area contributed by atoms with Gasteiger partial charge in [0.25, 0.3) is 0 Å². The Hall–Kier alpha value is -7.96. The number of ether oxygens (including phenoxy) is 3. The van der Waals surface area contributed by atoms with Crippen molar-refractivity contribution in [3.05, 3.63) is 266 Å². The van der Waals surface area contributed by atoms with Gasteiger partial charge in [0, 0.05) is 23.8 Å². The van der Waals surface area contributed by atoms with Gasteiger partial charge in [-0.2, -0.15) is 0 Å². The van der Waals surface area contributed by atoms with E-state index in [1.165, 1.54) is 98.1 Å². The lowest BCUT2D eigenvalue weighted by molar-refractivity contribution is -0.275. The SMILES string of the molecule is Cc1c(F)cc(F)cc1F.Cc1cc(F)cc(F)c1.Cc1ccc(COc2ccc(C)cc2)cc1.Cc1ccc(F)c(F)c1F.Cc1ccc(OC(F)(F)F)cc1.Cc1cccc(F)c1F.Cc1cccc(OC(F)(F)F)c1. The maximum absolute atomic E-state index is 12.4. The molecule has 8 aromatic rings. The van der Waals surface area contributed by atoms with Crippen LogP contribution >= 0.6 is 0 Å². The molecule has 0 amide bonds. The van der Waals surface area contributed by atoms with Gasteiger partial charge in [0.05, 0.1) is 0 Å². The van der Waals surface area contributed by atoms with Crippen molar-refractivity contribution < 1.29 is 84.5 Å². The summed E-state index contributed by atoms with van der Waals surface area (Å²) in [6, 6.07) is 38.9. The molecule has 0 aliphatic carbocycles. The molecule has 0 bridgehead atoms. The highest BCUT2D eigenvalue weighted by Crippen LogP contribution is 2.24. The highest BCUT2D eigenvalue weighted by molar-refractivity contribution is 5.29. The third-order valence-electron chi connectivity index (χ3n) is 9.65. The van der Waals surface area contributed by atoms with Gasteiger partial charge < -0.3 is 14.2 Å². The quantitative estimate of drug-likeness (QED) is 0.127. The van der Waals surface area contributed by atoms with Crippen molar-refractivity contribution in [3.63, 3.8) is 0 Å². The van der Waals surface area contributed by atoms with Gasteiger partial charge in [-0.15, -0.1) is 26.3 Å². The molecule has 0 heterocycles. The summed E-state index contributed by atoms with van der Waals surface area (Å²) in [7, 11) is 0. The van der Waals surface area contributed by atoms with Crippen LogP contribution in [0.1, 0.15) is 50.1 Å². The molecule has 19 heteroatoms. The Balaban J connectivity index is 0.000000314. The average molecular weight is 1110 g/mol. The maximum Gasteiger partial charge on any atom is 0.573 e. The molecule has 0 N–H and O–H groups in total. The van der Waals surface area contributed by atoms with Gasteiger partial charge >= 0.3 is 12.7 Å². The summed E-state index contributed by atoms with van der Waals surface area (Å²) < 4.78 is 205. The van der Waals surface area contributed by atoms with Gasteiger partial charge in [0.2, 0.25) is 0 Å². The zero-order chi connectivity index (χ0) is 58.9. The van der Waals surface area contributed by atoms with Crippen LogP contribution in [-0.2, 0) is 6.61 Å². The van der Waals surface area contributed by atoms with E-state index in [0.717, 1.165) is 35.1 Å². The van der Waals surface area contributed by atoms with Crippen LogP contribution in [0, 0.1) is 114 Å². The summed E-state index contributed by atoms with van der Waals surface area (Å²) in [5.74, 6) is -8.27. The molecule has 0 saturated heterocycles. The summed E-state index contributed by atoms with van der Waals surface area (Å²) in [6.07, 6.45) is -9.21. The lowest BCUT2D eigenvalue weighted by Crippen LogP contribution is -2.17. The first-order valence-corrected chi connectivity index (χ1v) is 22.8. The van der Waals surface area contributed by atoms with E-state index in [1.807, 2.05) is 12.1 Å². The van der Waals surface area contributed by atoms with Crippen LogP contribution in [0.2, 0.25) is 0 Å². The van der Waals surface area contributed by atoms with Gasteiger partial charge in [-0.3, -0.25) is 0 Å². The molecule has 8 aromatic carbocycles. The highest BCUT2D eigenvalue weighted by atomic mass is 19.4. The van der Waals surface area contributed by atoms with Crippen LogP contribution in [0.5, 0.6) is 17.2 Å². The molecule has 0 aromatic heterocycles. The van der Waals surface area contributed by atoms with Gasteiger partial charge in [-0.25, -0.2) is 43.9 Å². The third-order valence-corrected chi connectivity index (χ3v) is 9.65. The fourth-order valence-electron chi connectivity index (χ4n) is 5.58. The fraction of sp³-hybridized carbons (Fsp3) is 0.186. The van der Waals surface area contributed by atoms with E-state index in [9.17, 15) is 70.2 Å². The normalized spacial score (nSPS) is 10.4. The van der Waals surface area contributed by atoms with Crippen molar-refractivity contribution in [2.24, 2.45) is 0 Å². The monoisotopic (exact) mass is 1110 g/mol. The summed E-state index contributed by atoms with van der Waals surface area (Å²) in [5.41, 5.74) is 6.26. The molecule has 0 saturated carbocycles. The van der Waals surface area contributed by atoms with Crippen molar-refractivity contribution in [2.45, 2.75) is 74.7 Å². The minimum absolute atomic E-state index is 0.110. The fourth-order valence-corrected chi connectivity index (χ4v) is 5.58. The van der Waals surface area contributed by atoms with Crippen LogP contribution in [0.25, 0.3) is 0 Å². The van der Waals surface area contributed by atoms with E-state index in [-0.39, 0.29) is 22.6 Å². The second-order valence-corrected chi connectivity index (χ2v) is 16.6. The Labute approximate surface area is 441 Å². The van der Waals surface area contributed by atoms with Crippen molar-refractivity contribution in [1.29, 1.82) is 0 Å². The Morgan fingerprint density at radius 2 is 0.744 bits per heavy atom. The molecular weight excluding hydrogens is 1060 g/mol. The van der Waals surface area contributed by atoms with E-state index < -0.39 is 70.9 Å². The minimum atomic E-state index is -4.60. The number of halogens is 16. The van der Waals surface area contributed by atoms with E-state index in [4.69, 9.17) is 4.74 Å². The molecule has 0 spiro atoms. The molecular formula is C59H52F16O3. The first kappa shape index (κ1) is 66.2. The number of rotatable bonds is 5. The lowest BCUT2D eigenvalue weighted by atomic mass is 10.2. The number of alkyl halides is 6. The van der Waals surface area contributed by atoms with E-state index in [2.05, 4.69) is 59.7 Å². The predicted octanol–water partition coefficient (Wildman–Crippen LogP) is 19.0. The molecule has 0 unspecified atom stereocenters. The van der Waals surface area contributed by atoms with E-state index in [0.29, 0.717) is 29.9 Å². The minimum Gasteiger partial charge on any atom is -0.489 e. The van der Waals surface area contributed by atoms with Crippen molar-refractivity contribution >= 4 is 0 Å². The average Bonchev–Trinajstić information content (AvgIpc) is 3.34. The van der Waals surface area contributed by atoms with Crippen LogP contribution in [-0.4, -0.2) is 12.7 Å². The first-order valence-electron chi connectivity index (χ1n) is 22.8. The van der Waals surface area contributed by atoms with Gasteiger partial charge in [0.15, 0.2) is 29.1 Å². The number of benzene rings is 8. The van der Waals surface area contributed by atoms with Crippen LogP contribution in [0.4, 0.5) is 70.2 Å². The summed E-state index contributed by atoms with van der Waals surface area (Å²) in [6.45, 7) is 14.1. The second-order valence-electron chi connectivity index (χ2n) is 16.6. The standard InChI is InChI=1S/C15H16O.2C8H7F3O.2C7H5F3.2C7H6F2/c1-12-3-7-14(8-4-12)11-16-15-9-5-13(2)6-10-15;1-6-2-4-7(5-3-6)12-8(9,10)11;1-6-3-2-4-7(5-6)12-8(9,10)11;1-4-6(9)2-5(8)3-7(4)10;1-4-2-3-5(8)7(10)6(4)9;1-5-2-6(8)4-7(9)3-5;1-5-3-2-4-6(8)7(5)9/h3-10H,11H2,1-2H3;2*2-5H,1H3;2*2-3H,1H3;2*2-4H,1H3. The Kier molecular flexibility index (Phi) is 27.1. The molecule has 0 atom stereocenters. The lowest BCUT2D eigenvalue weighted by Gasteiger charge is -2.08. The molecule has 8 rings (SSSR count). The predicted molar refractivity (Wildman–Crippen MR) is 267 cm³/mol. The second kappa shape index (κ2) is 31.9. The zero-order valence-electron chi connectivity index (χ0n) is 43.0. The third kappa shape index (κ3) is 27.2. The Bertz CT molecular complexity index is 2900. The smallest absolute Gasteiger partial charge is 0.489 e. The zero-order valence-corrected chi connectivity index (χ0v) is 43.0. The molecule has 0 fully saturated rings. The Morgan fingerprint density at radius 3 is 1.18 bits per heavy atom. The largest absolute Gasteiger partial charge is 0.573 e.